The Bertz CT molecular complexity index is 945. The van der Waals surface area contributed by atoms with Gasteiger partial charge < -0.3 is 10.1 Å². The van der Waals surface area contributed by atoms with Crippen molar-refractivity contribution in [2.24, 2.45) is 0 Å². The van der Waals surface area contributed by atoms with Gasteiger partial charge in [0.05, 0.1) is 16.3 Å². The molecule has 9 heteroatoms. The van der Waals surface area contributed by atoms with Crippen molar-refractivity contribution >= 4 is 27.3 Å². The van der Waals surface area contributed by atoms with Gasteiger partial charge in [0.1, 0.15) is 17.4 Å². The highest BCUT2D eigenvalue weighted by Crippen LogP contribution is 2.33. The van der Waals surface area contributed by atoms with E-state index in [9.17, 15) is 22.0 Å². The van der Waals surface area contributed by atoms with Crippen LogP contribution in [0.1, 0.15) is 5.56 Å². The van der Waals surface area contributed by atoms with Crippen LogP contribution in [0.3, 0.4) is 0 Å². The Labute approximate surface area is 136 Å². The van der Waals surface area contributed by atoms with E-state index in [-0.39, 0.29) is 23.2 Å². The average molecular weight is 354 g/mol. The van der Waals surface area contributed by atoms with Crippen molar-refractivity contribution in [3.05, 3.63) is 47.5 Å². The van der Waals surface area contributed by atoms with E-state index in [0.29, 0.717) is 11.3 Å². The predicted octanol–water partition coefficient (Wildman–Crippen LogP) is 2.40. The van der Waals surface area contributed by atoms with Crippen molar-refractivity contribution in [3.8, 4) is 5.75 Å². The third kappa shape index (κ3) is 3.02. The summed E-state index contributed by atoms with van der Waals surface area (Å²) in [5.41, 5.74) is 0.157. The van der Waals surface area contributed by atoms with Crippen molar-refractivity contribution in [1.82, 2.24) is 0 Å². The number of amides is 1. The van der Waals surface area contributed by atoms with E-state index in [1.165, 1.54) is 19.1 Å². The number of anilines is 2. The molecule has 2 N–H and O–H groups in total. The third-order valence-corrected chi connectivity index (χ3v) is 4.88. The molecule has 126 valence electrons. The van der Waals surface area contributed by atoms with Gasteiger partial charge in [-0.15, -0.1) is 0 Å². The topological polar surface area (TPSA) is 84.5 Å². The number of fused-ring (bicyclic) bond motifs is 1. The Kier molecular flexibility index (Phi) is 3.88. The highest BCUT2D eigenvalue weighted by Gasteiger charge is 2.24. The van der Waals surface area contributed by atoms with Crippen molar-refractivity contribution in [2.75, 3.05) is 16.6 Å². The number of carbonyl (C=O) groups is 1. The summed E-state index contributed by atoms with van der Waals surface area (Å²) >= 11 is 0. The lowest BCUT2D eigenvalue weighted by atomic mass is 10.2. The first kappa shape index (κ1) is 16.2. The molecule has 0 radical (unpaired) electrons. The molecule has 0 fully saturated rings. The lowest BCUT2D eigenvalue weighted by Crippen LogP contribution is -2.26. The molecule has 0 bridgehead atoms. The number of hydrogen-bond donors (Lipinski definition) is 2. The van der Waals surface area contributed by atoms with Crippen molar-refractivity contribution in [2.45, 2.75) is 11.8 Å². The molecule has 0 aliphatic carbocycles. The number of nitrogens with one attached hydrogen (secondary N) is 2. The third-order valence-electron chi connectivity index (χ3n) is 3.37. The standard InChI is InChI=1S/C15H12F2N2O4S/c1-8-4-12-13(23-7-15(20)18-12)6-14(8)24(21,22)19-11-5-9(16)2-3-10(11)17/h2-6,19H,7H2,1H3,(H,18,20). The number of benzene rings is 2. The molecule has 1 aliphatic heterocycles. The molecule has 0 spiro atoms. The smallest absolute Gasteiger partial charge is 0.262 e. The summed E-state index contributed by atoms with van der Waals surface area (Å²) in [5.74, 6) is -1.85. The van der Waals surface area contributed by atoms with E-state index >= 15 is 0 Å². The summed E-state index contributed by atoms with van der Waals surface area (Å²) in [5, 5.41) is 2.56. The summed E-state index contributed by atoms with van der Waals surface area (Å²) in [6, 6.07) is 5.11. The molecule has 2 aromatic rings. The van der Waals surface area contributed by atoms with Crippen LogP contribution in [0.25, 0.3) is 0 Å². The number of halogens is 2. The maximum atomic E-state index is 13.7. The minimum atomic E-state index is -4.18. The summed E-state index contributed by atoms with van der Waals surface area (Å²) < 4.78 is 59.1. The molecule has 0 saturated heterocycles. The maximum absolute atomic E-state index is 13.7. The number of hydrogen-bond acceptors (Lipinski definition) is 4. The van der Waals surface area contributed by atoms with Crippen molar-refractivity contribution in [1.29, 1.82) is 0 Å². The van der Waals surface area contributed by atoms with Crippen LogP contribution in [0.5, 0.6) is 5.75 Å². The first-order valence-electron chi connectivity index (χ1n) is 6.81. The second-order valence-corrected chi connectivity index (χ2v) is 6.83. The quantitative estimate of drug-likeness (QED) is 0.886. The highest BCUT2D eigenvalue weighted by atomic mass is 32.2. The van der Waals surface area contributed by atoms with E-state index in [1.54, 1.807) is 0 Å². The Morgan fingerprint density at radius 1 is 1.21 bits per heavy atom. The Morgan fingerprint density at radius 2 is 1.96 bits per heavy atom. The molecule has 24 heavy (non-hydrogen) atoms. The lowest BCUT2D eigenvalue weighted by Gasteiger charge is -2.20. The molecule has 0 atom stereocenters. The highest BCUT2D eigenvalue weighted by molar-refractivity contribution is 7.92. The fourth-order valence-corrected chi connectivity index (χ4v) is 3.58. The molecule has 6 nitrogen and oxygen atoms in total. The Balaban J connectivity index is 2.01. The van der Waals surface area contributed by atoms with Gasteiger partial charge in [0.2, 0.25) is 0 Å². The van der Waals surface area contributed by atoms with Gasteiger partial charge in [-0.05, 0) is 30.7 Å². The van der Waals surface area contributed by atoms with Gasteiger partial charge in [-0.25, -0.2) is 17.2 Å². The van der Waals surface area contributed by atoms with E-state index in [4.69, 9.17) is 4.74 Å². The zero-order valence-electron chi connectivity index (χ0n) is 12.4. The van der Waals surface area contributed by atoms with Crippen LogP contribution in [0.15, 0.2) is 35.2 Å². The molecule has 0 aromatic heterocycles. The number of sulfonamides is 1. The van der Waals surface area contributed by atoms with E-state index < -0.39 is 27.3 Å². The molecule has 0 unspecified atom stereocenters. The largest absolute Gasteiger partial charge is 0.482 e. The minimum absolute atomic E-state index is 0.166. The molecular formula is C15H12F2N2O4S. The Morgan fingerprint density at radius 3 is 2.71 bits per heavy atom. The zero-order chi connectivity index (χ0) is 17.5. The van der Waals surface area contributed by atoms with Crippen LogP contribution in [0.4, 0.5) is 20.2 Å². The van der Waals surface area contributed by atoms with Crippen LogP contribution in [0, 0.1) is 18.6 Å². The molecule has 0 saturated carbocycles. The van der Waals surface area contributed by atoms with E-state index in [0.717, 1.165) is 18.2 Å². The van der Waals surface area contributed by atoms with Crippen molar-refractivity contribution in [3.63, 3.8) is 0 Å². The first-order valence-corrected chi connectivity index (χ1v) is 8.30. The number of carbonyl (C=O) groups excluding carboxylic acids is 1. The second kappa shape index (κ2) is 5.75. The molecule has 3 rings (SSSR count). The van der Waals surface area contributed by atoms with Crippen LogP contribution in [-0.4, -0.2) is 20.9 Å². The van der Waals surface area contributed by atoms with E-state index in [2.05, 4.69) is 5.32 Å². The van der Waals surface area contributed by atoms with Gasteiger partial charge in [-0.2, -0.15) is 0 Å². The van der Waals surface area contributed by atoms with Gasteiger partial charge >= 0.3 is 0 Å². The fourth-order valence-electron chi connectivity index (χ4n) is 2.28. The van der Waals surface area contributed by atoms with Gasteiger partial charge in [-0.3, -0.25) is 9.52 Å². The van der Waals surface area contributed by atoms with Crippen LogP contribution < -0.4 is 14.8 Å². The molecule has 1 heterocycles. The molecule has 1 amide bonds. The first-order chi connectivity index (χ1) is 11.3. The Hall–Kier alpha value is -2.68. The van der Waals surface area contributed by atoms with Gasteiger partial charge in [0.15, 0.2) is 6.61 Å². The summed E-state index contributed by atoms with van der Waals surface area (Å²) in [4.78, 5) is 11.1. The zero-order valence-corrected chi connectivity index (χ0v) is 13.2. The molecule has 1 aliphatic rings. The van der Waals surface area contributed by atoms with E-state index in [1.807, 2.05) is 4.72 Å². The summed E-state index contributed by atoms with van der Waals surface area (Å²) in [6.07, 6.45) is 0. The number of rotatable bonds is 3. The summed E-state index contributed by atoms with van der Waals surface area (Å²) in [6.45, 7) is 1.28. The monoisotopic (exact) mass is 354 g/mol. The number of ether oxygens (including phenoxy) is 1. The van der Waals surface area contributed by atoms with Gasteiger partial charge in [-0.1, -0.05) is 0 Å². The predicted molar refractivity (Wildman–Crippen MR) is 82.5 cm³/mol. The number of aryl methyl sites for hydroxylation is 1. The molecule has 2 aromatic carbocycles. The van der Waals surface area contributed by atoms with Gasteiger partial charge in [0.25, 0.3) is 15.9 Å². The maximum Gasteiger partial charge on any atom is 0.262 e. The van der Waals surface area contributed by atoms with Crippen molar-refractivity contribution < 1.29 is 26.7 Å². The summed E-state index contributed by atoms with van der Waals surface area (Å²) in [7, 11) is -4.18. The molecular weight excluding hydrogens is 342 g/mol. The second-order valence-electron chi connectivity index (χ2n) is 5.18. The SMILES string of the molecule is Cc1cc2c(cc1S(=O)(=O)Nc1cc(F)ccc1F)OCC(=O)N2. The van der Waals surface area contributed by atoms with Crippen LogP contribution >= 0.6 is 0 Å². The van der Waals surface area contributed by atoms with Gasteiger partial charge in [0, 0.05) is 12.1 Å². The fraction of sp³-hybridized carbons (Fsp3) is 0.133. The lowest BCUT2D eigenvalue weighted by molar-refractivity contribution is -0.118. The van der Waals surface area contributed by atoms with Crippen LogP contribution in [0.2, 0.25) is 0 Å². The van der Waals surface area contributed by atoms with Crippen LogP contribution in [-0.2, 0) is 14.8 Å². The minimum Gasteiger partial charge on any atom is -0.482 e. The average Bonchev–Trinajstić information content (AvgIpc) is 2.49. The normalized spacial score (nSPS) is 13.7.